The van der Waals surface area contributed by atoms with Crippen LogP contribution >= 0.6 is 0 Å². The lowest BCUT2D eigenvalue weighted by atomic mass is 10.00. The molecule has 0 bridgehead atoms. The summed E-state index contributed by atoms with van der Waals surface area (Å²) in [6.45, 7) is 12.6. The van der Waals surface area contributed by atoms with E-state index in [4.69, 9.17) is 4.74 Å². The number of aliphatic hydroxyl groups is 1. The van der Waals surface area contributed by atoms with Crippen molar-refractivity contribution < 1.29 is 14.6 Å². The molecule has 0 radical (unpaired) electrons. The van der Waals surface area contributed by atoms with Crippen LogP contribution in [-0.4, -0.2) is 65.2 Å². The molecule has 1 heterocycles. The predicted octanol–water partition coefficient (Wildman–Crippen LogP) is 3.55. The van der Waals surface area contributed by atoms with Crippen LogP contribution in [0.4, 0.5) is 0 Å². The van der Waals surface area contributed by atoms with Crippen molar-refractivity contribution in [2.75, 3.05) is 32.8 Å². The molecule has 5 nitrogen and oxygen atoms in total. The first kappa shape index (κ1) is 22.7. The average Bonchev–Trinajstić information content (AvgIpc) is 2.82. The van der Waals surface area contributed by atoms with Crippen molar-refractivity contribution in [1.82, 2.24) is 9.80 Å². The molecule has 1 N–H and O–H groups in total. The number of β-amino-alcohol motifs (C(OH)–C–C–N with tert-alkyl or cyclic N) is 1. The molecule has 0 aromatic heterocycles. The second-order valence-electron chi connectivity index (χ2n) is 8.40. The fraction of sp³-hybridized carbons (Fsp3) is 0.696. The van der Waals surface area contributed by atoms with E-state index in [1.807, 2.05) is 18.2 Å². The van der Waals surface area contributed by atoms with Gasteiger partial charge < -0.3 is 14.7 Å². The van der Waals surface area contributed by atoms with Gasteiger partial charge in [-0.2, -0.15) is 0 Å². The van der Waals surface area contributed by atoms with Gasteiger partial charge in [-0.15, -0.1) is 0 Å². The molecule has 0 spiro atoms. The molecule has 2 rings (SSSR count). The van der Waals surface area contributed by atoms with E-state index in [9.17, 15) is 9.90 Å². The van der Waals surface area contributed by atoms with Crippen LogP contribution < -0.4 is 4.74 Å². The number of hydrogen-bond acceptors (Lipinski definition) is 4. The van der Waals surface area contributed by atoms with Gasteiger partial charge in [-0.05, 0) is 49.9 Å². The van der Waals surface area contributed by atoms with Crippen LogP contribution in [0.2, 0.25) is 0 Å². The molecule has 1 unspecified atom stereocenters. The van der Waals surface area contributed by atoms with Gasteiger partial charge in [0.1, 0.15) is 18.0 Å². The SMILES string of the molecule is CCCC(CCC)N1CCN(C(C)=O)CC(O)(COc2ccc(C)c(C)c2)C1. The molecule has 1 aromatic rings. The largest absolute Gasteiger partial charge is 0.490 e. The first-order valence-electron chi connectivity index (χ1n) is 10.7. The minimum atomic E-state index is -1.08. The van der Waals surface area contributed by atoms with Crippen molar-refractivity contribution in [3.63, 3.8) is 0 Å². The summed E-state index contributed by atoms with van der Waals surface area (Å²) in [5, 5.41) is 11.5. The molecule has 1 saturated heterocycles. The summed E-state index contributed by atoms with van der Waals surface area (Å²) in [7, 11) is 0. The standard InChI is InChI=1S/C23H38N2O3/c1-6-8-21(9-7-2)25-13-12-24(20(5)26)15-23(27,16-25)17-28-22-11-10-18(3)19(4)14-22/h10-11,14,21,27H,6-9,12-13,15-17H2,1-5H3. The second-order valence-corrected chi connectivity index (χ2v) is 8.40. The Labute approximate surface area is 170 Å². The van der Waals surface area contributed by atoms with Crippen molar-refractivity contribution in [2.24, 2.45) is 0 Å². The highest BCUT2D eigenvalue weighted by molar-refractivity contribution is 5.73. The third kappa shape index (κ3) is 6.21. The Morgan fingerprint density at radius 3 is 2.39 bits per heavy atom. The highest BCUT2D eigenvalue weighted by atomic mass is 16.5. The van der Waals surface area contributed by atoms with Gasteiger partial charge in [0.2, 0.25) is 5.91 Å². The van der Waals surface area contributed by atoms with Gasteiger partial charge in [0, 0.05) is 32.6 Å². The summed E-state index contributed by atoms with van der Waals surface area (Å²) in [5.74, 6) is 0.773. The van der Waals surface area contributed by atoms with Gasteiger partial charge in [0.25, 0.3) is 0 Å². The molecule has 1 amide bonds. The van der Waals surface area contributed by atoms with E-state index in [2.05, 4.69) is 32.6 Å². The van der Waals surface area contributed by atoms with Gasteiger partial charge >= 0.3 is 0 Å². The summed E-state index contributed by atoms with van der Waals surface area (Å²) in [6.07, 6.45) is 4.47. The van der Waals surface area contributed by atoms with Crippen molar-refractivity contribution in [2.45, 2.75) is 71.9 Å². The molecule has 1 aromatic carbocycles. The minimum absolute atomic E-state index is 0.00832. The van der Waals surface area contributed by atoms with Gasteiger partial charge in [0.05, 0.1) is 6.54 Å². The molecule has 1 atom stereocenters. The minimum Gasteiger partial charge on any atom is -0.490 e. The maximum atomic E-state index is 12.1. The number of ether oxygens (including phenoxy) is 1. The number of nitrogens with zero attached hydrogens (tertiary/aromatic N) is 2. The van der Waals surface area contributed by atoms with Crippen molar-refractivity contribution >= 4 is 5.91 Å². The summed E-state index contributed by atoms with van der Waals surface area (Å²) in [6, 6.07) is 6.43. The van der Waals surface area contributed by atoms with Gasteiger partial charge in [-0.1, -0.05) is 32.8 Å². The molecule has 158 valence electrons. The highest BCUT2D eigenvalue weighted by Crippen LogP contribution is 2.23. The summed E-state index contributed by atoms with van der Waals surface area (Å²) < 4.78 is 6.00. The molecule has 28 heavy (non-hydrogen) atoms. The Bertz CT molecular complexity index is 643. The predicted molar refractivity (Wildman–Crippen MR) is 114 cm³/mol. The molecule has 1 fully saturated rings. The molecular formula is C23H38N2O3. The summed E-state index contributed by atoms with van der Waals surface area (Å²) in [5.41, 5.74) is 1.31. The molecular weight excluding hydrogens is 352 g/mol. The van der Waals surface area contributed by atoms with Gasteiger partial charge in [0.15, 0.2) is 0 Å². The zero-order chi connectivity index (χ0) is 20.7. The lowest BCUT2D eigenvalue weighted by Gasteiger charge is -2.36. The number of benzene rings is 1. The maximum absolute atomic E-state index is 12.1. The number of amides is 1. The zero-order valence-electron chi connectivity index (χ0n) is 18.3. The van der Waals surface area contributed by atoms with E-state index in [-0.39, 0.29) is 12.5 Å². The first-order valence-corrected chi connectivity index (χ1v) is 10.7. The van der Waals surface area contributed by atoms with Crippen LogP contribution in [0.25, 0.3) is 0 Å². The van der Waals surface area contributed by atoms with Crippen LogP contribution in [0.15, 0.2) is 18.2 Å². The number of carbonyl (C=O) groups excluding carboxylic acids is 1. The smallest absolute Gasteiger partial charge is 0.219 e. The fourth-order valence-electron chi connectivity index (χ4n) is 4.06. The summed E-state index contributed by atoms with van der Waals surface area (Å²) in [4.78, 5) is 16.2. The number of carbonyl (C=O) groups is 1. The molecule has 1 aliphatic rings. The van der Waals surface area contributed by atoms with Crippen LogP contribution in [-0.2, 0) is 4.79 Å². The quantitative estimate of drug-likeness (QED) is 0.738. The average molecular weight is 391 g/mol. The van der Waals surface area contributed by atoms with Crippen LogP contribution in [0.1, 0.15) is 57.6 Å². The summed E-state index contributed by atoms with van der Waals surface area (Å²) >= 11 is 0. The van der Waals surface area contributed by atoms with E-state index < -0.39 is 5.60 Å². The Balaban J connectivity index is 2.17. The van der Waals surface area contributed by atoms with E-state index in [0.717, 1.165) is 38.0 Å². The number of rotatable bonds is 8. The Kier molecular flexibility index (Phi) is 8.32. The fourth-order valence-corrected chi connectivity index (χ4v) is 4.06. The van der Waals surface area contributed by atoms with E-state index in [1.165, 1.54) is 11.1 Å². The van der Waals surface area contributed by atoms with Gasteiger partial charge in [-0.25, -0.2) is 0 Å². The van der Waals surface area contributed by atoms with E-state index in [0.29, 0.717) is 25.7 Å². The monoisotopic (exact) mass is 390 g/mol. The van der Waals surface area contributed by atoms with Crippen LogP contribution in [0.5, 0.6) is 5.75 Å². The number of aryl methyl sites for hydroxylation is 2. The lowest BCUT2D eigenvalue weighted by Crippen LogP contribution is -2.53. The normalized spacial score (nSPS) is 21.0. The van der Waals surface area contributed by atoms with Crippen molar-refractivity contribution in [1.29, 1.82) is 0 Å². The van der Waals surface area contributed by atoms with Crippen molar-refractivity contribution in [3.05, 3.63) is 29.3 Å². The van der Waals surface area contributed by atoms with Crippen molar-refractivity contribution in [3.8, 4) is 5.75 Å². The molecule has 0 aliphatic carbocycles. The van der Waals surface area contributed by atoms with Gasteiger partial charge in [-0.3, -0.25) is 9.69 Å². The Morgan fingerprint density at radius 2 is 1.82 bits per heavy atom. The zero-order valence-corrected chi connectivity index (χ0v) is 18.3. The first-order chi connectivity index (χ1) is 13.3. The molecule has 0 saturated carbocycles. The molecule has 5 heteroatoms. The third-order valence-corrected chi connectivity index (χ3v) is 5.83. The maximum Gasteiger partial charge on any atom is 0.219 e. The Morgan fingerprint density at radius 1 is 1.14 bits per heavy atom. The van der Waals surface area contributed by atoms with E-state index in [1.54, 1.807) is 11.8 Å². The highest BCUT2D eigenvalue weighted by Gasteiger charge is 2.38. The topological polar surface area (TPSA) is 53.0 Å². The third-order valence-electron chi connectivity index (χ3n) is 5.83. The lowest BCUT2D eigenvalue weighted by molar-refractivity contribution is -0.132. The molecule has 1 aliphatic heterocycles. The van der Waals surface area contributed by atoms with Crippen LogP contribution in [0, 0.1) is 13.8 Å². The van der Waals surface area contributed by atoms with Crippen LogP contribution in [0.3, 0.4) is 0 Å². The number of hydrogen-bond donors (Lipinski definition) is 1. The Hall–Kier alpha value is -1.59. The second kappa shape index (κ2) is 10.3. The van der Waals surface area contributed by atoms with E-state index >= 15 is 0 Å².